The van der Waals surface area contributed by atoms with Crippen LogP contribution in [-0.4, -0.2) is 38.6 Å². The monoisotopic (exact) mass is 345 g/mol. The third kappa shape index (κ3) is 4.08. The standard InChI is InChI=1S/C17H23N5OS/c1-12(19-17(23)20-14-5-8-16(11-14)24-2)13-3-6-15(7-4-13)22-10-9-18-21-22/h3-4,6-7,9-10,12,14,16H,5,8,11H2,1-2H3,(H2,19,20,23)/t12-,14+,16+/m0/s1. The van der Waals surface area contributed by atoms with Gasteiger partial charge in [0.25, 0.3) is 0 Å². The molecule has 1 aliphatic carbocycles. The fourth-order valence-electron chi connectivity index (χ4n) is 3.05. The zero-order valence-corrected chi connectivity index (χ0v) is 14.8. The Kier molecular flexibility index (Phi) is 5.40. The summed E-state index contributed by atoms with van der Waals surface area (Å²) >= 11 is 1.89. The Balaban J connectivity index is 1.53. The smallest absolute Gasteiger partial charge is 0.315 e. The van der Waals surface area contributed by atoms with Crippen molar-refractivity contribution in [3.05, 3.63) is 42.2 Å². The molecular formula is C17H23N5OS. The first-order valence-corrected chi connectivity index (χ1v) is 9.51. The van der Waals surface area contributed by atoms with Gasteiger partial charge in [-0.1, -0.05) is 17.3 Å². The van der Waals surface area contributed by atoms with Crippen molar-refractivity contribution < 1.29 is 4.79 Å². The van der Waals surface area contributed by atoms with E-state index in [-0.39, 0.29) is 12.1 Å². The van der Waals surface area contributed by atoms with E-state index in [0.717, 1.165) is 24.1 Å². The Hall–Kier alpha value is -2.02. The van der Waals surface area contributed by atoms with E-state index in [2.05, 4.69) is 27.2 Å². The second kappa shape index (κ2) is 7.70. The molecule has 2 N–H and O–H groups in total. The van der Waals surface area contributed by atoms with E-state index in [1.165, 1.54) is 6.42 Å². The van der Waals surface area contributed by atoms with E-state index in [9.17, 15) is 4.79 Å². The highest BCUT2D eigenvalue weighted by molar-refractivity contribution is 7.99. The van der Waals surface area contributed by atoms with Gasteiger partial charge >= 0.3 is 6.03 Å². The molecule has 1 saturated carbocycles. The number of aromatic nitrogens is 3. The van der Waals surface area contributed by atoms with Crippen LogP contribution in [0.3, 0.4) is 0 Å². The number of hydrogen-bond acceptors (Lipinski definition) is 4. The van der Waals surface area contributed by atoms with Crippen LogP contribution in [0, 0.1) is 0 Å². The number of hydrogen-bond donors (Lipinski definition) is 2. The normalized spacial score (nSPS) is 21.4. The molecule has 1 aromatic heterocycles. The molecule has 1 heterocycles. The van der Waals surface area contributed by atoms with E-state index in [0.29, 0.717) is 11.3 Å². The second-order valence-electron chi connectivity index (χ2n) is 6.15. The largest absolute Gasteiger partial charge is 0.335 e. The molecule has 1 fully saturated rings. The molecule has 7 heteroatoms. The first kappa shape index (κ1) is 16.8. The lowest BCUT2D eigenvalue weighted by Crippen LogP contribution is -2.42. The first-order chi connectivity index (χ1) is 11.7. The molecular weight excluding hydrogens is 322 g/mol. The second-order valence-corrected chi connectivity index (χ2v) is 7.28. The predicted molar refractivity (Wildman–Crippen MR) is 96.4 cm³/mol. The van der Waals surface area contributed by atoms with E-state index in [4.69, 9.17) is 0 Å². The van der Waals surface area contributed by atoms with Crippen LogP contribution in [0.4, 0.5) is 4.79 Å². The van der Waals surface area contributed by atoms with Crippen LogP contribution in [-0.2, 0) is 0 Å². The SMILES string of the molecule is CS[C@@H]1CC[C@@H](NC(=O)N[C@@H](C)c2ccc(-n3ccnn3)cc2)C1. The van der Waals surface area contributed by atoms with Gasteiger partial charge in [0.15, 0.2) is 0 Å². The minimum Gasteiger partial charge on any atom is -0.335 e. The molecule has 0 unspecified atom stereocenters. The molecule has 3 rings (SSSR count). The summed E-state index contributed by atoms with van der Waals surface area (Å²) in [7, 11) is 0. The summed E-state index contributed by atoms with van der Waals surface area (Å²) in [6, 6.07) is 8.11. The fraction of sp³-hybridized carbons (Fsp3) is 0.471. The molecule has 2 amide bonds. The first-order valence-electron chi connectivity index (χ1n) is 8.22. The van der Waals surface area contributed by atoms with E-state index < -0.39 is 0 Å². The molecule has 1 aliphatic rings. The Morgan fingerprint density at radius 3 is 2.75 bits per heavy atom. The van der Waals surface area contributed by atoms with E-state index >= 15 is 0 Å². The Labute approximate surface area is 146 Å². The van der Waals surface area contributed by atoms with Crippen molar-refractivity contribution in [2.75, 3.05) is 6.26 Å². The Morgan fingerprint density at radius 2 is 2.12 bits per heavy atom. The summed E-state index contributed by atoms with van der Waals surface area (Å²) < 4.78 is 1.71. The molecule has 1 aromatic carbocycles. The third-order valence-electron chi connectivity index (χ3n) is 4.48. The highest BCUT2D eigenvalue weighted by Crippen LogP contribution is 2.28. The maximum Gasteiger partial charge on any atom is 0.315 e. The quantitative estimate of drug-likeness (QED) is 0.874. The molecule has 0 spiro atoms. The highest BCUT2D eigenvalue weighted by Gasteiger charge is 2.25. The maximum atomic E-state index is 12.2. The molecule has 3 atom stereocenters. The van der Waals surface area contributed by atoms with Gasteiger partial charge in [-0.15, -0.1) is 5.10 Å². The lowest BCUT2D eigenvalue weighted by atomic mass is 10.1. The van der Waals surface area contributed by atoms with Crippen LogP contribution in [0.25, 0.3) is 5.69 Å². The molecule has 2 aromatic rings. The summed E-state index contributed by atoms with van der Waals surface area (Å²) in [6.45, 7) is 1.99. The lowest BCUT2D eigenvalue weighted by molar-refractivity contribution is 0.234. The Morgan fingerprint density at radius 1 is 1.33 bits per heavy atom. The average Bonchev–Trinajstić information content (AvgIpc) is 3.26. The summed E-state index contributed by atoms with van der Waals surface area (Å²) in [5.41, 5.74) is 2.00. The zero-order valence-electron chi connectivity index (χ0n) is 14.0. The molecule has 0 radical (unpaired) electrons. The molecule has 6 nitrogen and oxygen atoms in total. The number of rotatable bonds is 5. The predicted octanol–water partition coefficient (Wildman–Crippen LogP) is 2.91. The van der Waals surface area contributed by atoms with Gasteiger partial charge < -0.3 is 10.6 Å². The molecule has 0 aliphatic heterocycles. The van der Waals surface area contributed by atoms with Crippen LogP contribution in [0.1, 0.15) is 37.8 Å². The van der Waals surface area contributed by atoms with Crippen molar-refractivity contribution in [2.24, 2.45) is 0 Å². The van der Waals surface area contributed by atoms with Crippen LogP contribution in [0.5, 0.6) is 0 Å². The average molecular weight is 345 g/mol. The van der Waals surface area contributed by atoms with Crippen molar-refractivity contribution in [2.45, 2.75) is 43.5 Å². The van der Waals surface area contributed by atoms with Crippen LogP contribution in [0.15, 0.2) is 36.7 Å². The van der Waals surface area contributed by atoms with Gasteiger partial charge in [0, 0.05) is 11.3 Å². The van der Waals surface area contributed by atoms with Gasteiger partial charge in [0.05, 0.1) is 24.1 Å². The number of amides is 2. The number of carbonyl (C=O) groups excluding carboxylic acids is 1. The van der Waals surface area contributed by atoms with E-state index in [1.54, 1.807) is 17.1 Å². The fourth-order valence-corrected chi connectivity index (χ4v) is 3.85. The number of carbonyl (C=O) groups is 1. The van der Waals surface area contributed by atoms with Gasteiger partial charge in [-0.2, -0.15) is 11.8 Å². The van der Waals surface area contributed by atoms with Crippen LogP contribution in [0.2, 0.25) is 0 Å². The molecule has 128 valence electrons. The summed E-state index contributed by atoms with van der Waals surface area (Å²) in [6.07, 6.45) is 8.90. The summed E-state index contributed by atoms with van der Waals surface area (Å²) in [5.74, 6) is 0. The van der Waals surface area contributed by atoms with Gasteiger partial charge in [0.2, 0.25) is 0 Å². The maximum absolute atomic E-state index is 12.2. The number of nitrogens with zero attached hydrogens (tertiary/aromatic N) is 3. The number of thioether (sulfide) groups is 1. The molecule has 0 bridgehead atoms. The molecule has 24 heavy (non-hydrogen) atoms. The van der Waals surface area contributed by atoms with Crippen LogP contribution < -0.4 is 10.6 Å². The Bertz CT molecular complexity index is 658. The van der Waals surface area contributed by atoms with Crippen molar-refractivity contribution in [1.29, 1.82) is 0 Å². The topological polar surface area (TPSA) is 71.8 Å². The van der Waals surface area contributed by atoms with Gasteiger partial charge in [-0.3, -0.25) is 0 Å². The number of nitrogens with one attached hydrogen (secondary N) is 2. The molecule has 0 saturated heterocycles. The summed E-state index contributed by atoms with van der Waals surface area (Å²) in [5, 5.41) is 14.6. The van der Waals surface area contributed by atoms with Crippen molar-refractivity contribution >= 4 is 17.8 Å². The minimum absolute atomic E-state index is 0.0486. The van der Waals surface area contributed by atoms with Crippen molar-refractivity contribution in [3.63, 3.8) is 0 Å². The number of benzene rings is 1. The van der Waals surface area contributed by atoms with Crippen LogP contribution >= 0.6 is 11.8 Å². The van der Waals surface area contributed by atoms with Crippen molar-refractivity contribution in [1.82, 2.24) is 25.6 Å². The summed E-state index contributed by atoms with van der Waals surface area (Å²) in [4.78, 5) is 12.2. The highest BCUT2D eigenvalue weighted by atomic mass is 32.2. The van der Waals surface area contributed by atoms with Gasteiger partial charge in [-0.25, -0.2) is 9.48 Å². The third-order valence-corrected chi connectivity index (χ3v) is 5.58. The lowest BCUT2D eigenvalue weighted by Gasteiger charge is -2.18. The van der Waals surface area contributed by atoms with E-state index in [1.807, 2.05) is 43.0 Å². The number of urea groups is 1. The van der Waals surface area contributed by atoms with Gasteiger partial charge in [0.1, 0.15) is 0 Å². The van der Waals surface area contributed by atoms with Crippen molar-refractivity contribution in [3.8, 4) is 5.69 Å². The van der Waals surface area contributed by atoms with Gasteiger partial charge in [-0.05, 0) is 50.1 Å². The minimum atomic E-state index is -0.0883. The zero-order chi connectivity index (χ0) is 16.9.